The fraction of sp³-hybridized carbons (Fsp3) is 0.231. The lowest BCUT2D eigenvalue weighted by Gasteiger charge is -2.11. The van der Waals surface area contributed by atoms with Crippen LogP contribution in [0.2, 0.25) is 0 Å². The standard InChI is InChI=1S/C13H11F4NO4/c1-6(11(19)20)7(2)12(21)22-18-8-3-4-10(14)9(5-8)13(15,16)17/h3-5,18H,1-2H3,(H,19,20). The van der Waals surface area contributed by atoms with Gasteiger partial charge in [0.05, 0.1) is 11.3 Å². The van der Waals surface area contributed by atoms with Crippen molar-refractivity contribution in [2.45, 2.75) is 20.0 Å². The lowest BCUT2D eigenvalue weighted by atomic mass is 10.1. The van der Waals surface area contributed by atoms with E-state index in [9.17, 15) is 27.2 Å². The number of rotatable bonds is 4. The number of aliphatic carboxylic acids is 1. The average Bonchev–Trinajstić information content (AvgIpc) is 2.43. The molecule has 0 spiro atoms. The van der Waals surface area contributed by atoms with E-state index in [-0.39, 0.29) is 16.8 Å². The van der Waals surface area contributed by atoms with Gasteiger partial charge in [0, 0.05) is 11.1 Å². The Kier molecular flexibility index (Phi) is 5.13. The van der Waals surface area contributed by atoms with Crippen molar-refractivity contribution in [3.63, 3.8) is 0 Å². The number of halogens is 4. The van der Waals surface area contributed by atoms with Gasteiger partial charge in [0.1, 0.15) is 5.82 Å². The van der Waals surface area contributed by atoms with Crippen LogP contribution in [-0.4, -0.2) is 17.0 Å². The molecule has 0 aliphatic carbocycles. The fourth-order valence-corrected chi connectivity index (χ4v) is 1.30. The van der Waals surface area contributed by atoms with Gasteiger partial charge in [0.15, 0.2) is 0 Å². The Bertz CT molecular complexity index is 637. The van der Waals surface area contributed by atoms with Crippen molar-refractivity contribution in [1.82, 2.24) is 0 Å². The van der Waals surface area contributed by atoms with Crippen molar-refractivity contribution in [2.75, 3.05) is 5.48 Å². The zero-order valence-corrected chi connectivity index (χ0v) is 11.4. The molecular weight excluding hydrogens is 310 g/mol. The molecule has 120 valence electrons. The number of anilines is 1. The van der Waals surface area contributed by atoms with Crippen LogP contribution in [-0.2, 0) is 20.6 Å². The first-order chi connectivity index (χ1) is 10.0. The maximum atomic E-state index is 13.1. The van der Waals surface area contributed by atoms with Crippen LogP contribution in [0.4, 0.5) is 23.2 Å². The highest BCUT2D eigenvalue weighted by Crippen LogP contribution is 2.33. The first-order valence-corrected chi connectivity index (χ1v) is 5.78. The van der Waals surface area contributed by atoms with Gasteiger partial charge in [0.2, 0.25) is 0 Å². The van der Waals surface area contributed by atoms with Crippen LogP contribution in [0, 0.1) is 5.82 Å². The van der Waals surface area contributed by atoms with E-state index in [0.717, 1.165) is 6.07 Å². The number of hydrogen-bond acceptors (Lipinski definition) is 4. The van der Waals surface area contributed by atoms with Gasteiger partial charge >= 0.3 is 18.1 Å². The molecule has 0 atom stereocenters. The maximum Gasteiger partial charge on any atom is 0.419 e. The number of carboxylic acid groups (broad SMARTS) is 1. The molecule has 22 heavy (non-hydrogen) atoms. The summed E-state index contributed by atoms with van der Waals surface area (Å²) in [5.74, 6) is -3.89. The molecule has 0 saturated carbocycles. The number of benzene rings is 1. The van der Waals surface area contributed by atoms with Crippen molar-refractivity contribution in [3.8, 4) is 0 Å². The third-order valence-corrected chi connectivity index (χ3v) is 2.72. The zero-order chi connectivity index (χ0) is 17.1. The Balaban J connectivity index is 2.88. The van der Waals surface area contributed by atoms with Crippen LogP contribution < -0.4 is 5.48 Å². The van der Waals surface area contributed by atoms with E-state index in [4.69, 9.17) is 5.11 Å². The number of alkyl halides is 3. The molecule has 1 aromatic rings. The Hall–Kier alpha value is -2.58. The molecule has 0 aromatic heterocycles. The summed E-state index contributed by atoms with van der Waals surface area (Å²) in [5.41, 5.74) is -0.441. The van der Waals surface area contributed by atoms with Gasteiger partial charge in [-0.2, -0.15) is 13.2 Å². The molecule has 0 aliphatic rings. The molecule has 5 nitrogen and oxygen atoms in total. The molecule has 0 fully saturated rings. The molecular formula is C13H11F4NO4. The SMILES string of the molecule is CC(C(=O)O)=C(C)C(=O)ONc1ccc(F)c(C(F)(F)F)c1. The molecule has 0 unspecified atom stereocenters. The maximum absolute atomic E-state index is 13.1. The van der Waals surface area contributed by atoms with Crippen molar-refractivity contribution in [1.29, 1.82) is 0 Å². The van der Waals surface area contributed by atoms with Crippen LogP contribution in [0.25, 0.3) is 0 Å². The number of carboxylic acids is 1. The summed E-state index contributed by atoms with van der Waals surface area (Å²) in [6, 6.07) is 1.91. The van der Waals surface area contributed by atoms with Gasteiger partial charge in [0.25, 0.3) is 0 Å². The molecule has 0 amide bonds. The van der Waals surface area contributed by atoms with Crippen molar-refractivity contribution in [3.05, 3.63) is 40.7 Å². The van der Waals surface area contributed by atoms with Gasteiger partial charge in [-0.05, 0) is 32.0 Å². The van der Waals surface area contributed by atoms with Crippen LogP contribution in [0.5, 0.6) is 0 Å². The van der Waals surface area contributed by atoms with Crippen LogP contribution in [0.15, 0.2) is 29.3 Å². The van der Waals surface area contributed by atoms with E-state index in [1.807, 2.05) is 5.48 Å². The van der Waals surface area contributed by atoms with Gasteiger partial charge in [-0.15, -0.1) is 0 Å². The van der Waals surface area contributed by atoms with E-state index in [2.05, 4.69) is 4.84 Å². The number of nitrogens with one attached hydrogen (secondary N) is 1. The van der Waals surface area contributed by atoms with E-state index < -0.39 is 29.5 Å². The smallest absolute Gasteiger partial charge is 0.419 e. The second kappa shape index (κ2) is 6.46. The summed E-state index contributed by atoms with van der Waals surface area (Å²) in [6.07, 6.45) is -4.90. The summed E-state index contributed by atoms with van der Waals surface area (Å²) in [6.45, 7) is 2.35. The molecule has 2 N–H and O–H groups in total. The Labute approximate surface area is 122 Å². The van der Waals surface area contributed by atoms with Crippen molar-refractivity contribution in [2.24, 2.45) is 0 Å². The van der Waals surface area contributed by atoms with Gasteiger partial charge in [-0.3, -0.25) is 0 Å². The topological polar surface area (TPSA) is 75.6 Å². The predicted molar refractivity (Wildman–Crippen MR) is 67.1 cm³/mol. The van der Waals surface area contributed by atoms with Crippen LogP contribution in [0.3, 0.4) is 0 Å². The van der Waals surface area contributed by atoms with Gasteiger partial charge < -0.3 is 9.94 Å². The average molecular weight is 321 g/mol. The Morgan fingerprint density at radius 2 is 1.77 bits per heavy atom. The number of carbonyl (C=O) groups excluding carboxylic acids is 1. The highest BCUT2D eigenvalue weighted by molar-refractivity contribution is 5.98. The second-order valence-corrected chi connectivity index (χ2v) is 4.24. The zero-order valence-electron chi connectivity index (χ0n) is 11.4. The number of carbonyl (C=O) groups is 2. The summed E-state index contributed by atoms with van der Waals surface area (Å²) >= 11 is 0. The third kappa shape index (κ3) is 4.21. The quantitative estimate of drug-likeness (QED) is 0.506. The Morgan fingerprint density at radius 3 is 2.27 bits per heavy atom. The van der Waals surface area contributed by atoms with Crippen LogP contribution >= 0.6 is 0 Å². The molecule has 9 heteroatoms. The Morgan fingerprint density at radius 1 is 1.18 bits per heavy atom. The second-order valence-electron chi connectivity index (χ2n) is 4.24. The van der Waals surface area contributed by atoms with Crippen LogP contribution in [0.1, 0.15) is 19.4 Å². The fourth-order valence-electron chi connectivity index (χ4n) is 1.30. The highest BCUT2D eigenvalue weighted by Gasteiger charge is 2.34. The van der Waals surface area contributed by atoms with Crippen molar-refractivity contribution >= 4 is 17.6 Å². The van der Waals surface area contributed by atoms with E-state index in [1.165, 1.54) is 13.8 Å². The molecule has 0 bridgehead atoms. The van der Waals surface area contributed by atoms with Crippen molar-refractivity contribution < 1.29 is 37.1 Å². The van der Waals surface area contributed by atoms with Gasteiger partial charge in [-0.1, -0.05) is 0 Å². The summed E-state index contributed by atoms with van der Waals surface area (Å²) in [4.78, 5) is 26.6. The molecule has 1 aromatic carbocycles. The number of hydrogen-bond donors (Lipinski definition) is 2. The third-order valence-electron chi connectivity index (χ3n) is 2.72. The van der Waals surface area contributed by atoms with Gasteiger partial charge in [-0.25, -0.2) is 19.5 Å². The minimum absolute atomic E-state index is 0.238. The lowest BCUT2D eigenvalue weighted by Crippen LogP contribution is -2.15. The molecule has 0 aliphatic heterocycles. The molecule has 0 radical (unpaired) electrons. The first kappa shape index (κ1) is 17.5. The predicted octanol–water partition coefficient (Wildman–Crippen LogP) is 3.14. The summed E-state index contributed by atoms with van der Waals surface area (Å²) < 4.78 is 50.6. The lowest BCUT2D eigenvalue weighted by molar-refractivity contribution is -0.140. The van der Waals surface area contributed by atoms with E-state index in [0.29, 0.717) is 12.1 Å². The highest BCUT2D eigenvalue weighted by atomic mass is 19.4. The largest absolute Gasteiger partial charge is 0.478 e. The monoisotopic (exact) mass is 321 g/mol. The van der Waals surface area contributed by atoms with E-state index >= 15 is 0 Å². The normalized spacial score (nSPS) is 12.5. The summed E-state index contributed by atoms with van der Waals surface area (Å²) in [5, 5.41) is 8.69. The summed E-state index contributed by atoms with van der Waals surface area (Å²) in [7, 11) is 0. The minimum atomic E-state index is -4.90. The first-order valence-electron chi connectivity index (χ1n) is 5.78. The minimum Gasteiger partial charge on any atom is -0.478 e. The molecule has 0 heterocycles. The molecule has 1 rings (SSSR count). The van der Waals surface area contributed by atoms with E-state index in [1.54, 1.807) is 0 Å². The molecule has 0 saturated heterocycles.